The van der Waals surface area contributed by atoms with E-state index in [0.29, 0.717) is 11.9 Å². The molecule has 3 amide bonds. The van der Waals surface area contributed by atoms with Crippen LogP contribution in [0.1, 0.15) is 24.1 Å². The zero-order valence-electron chi connectivity index (χ0n) is 16.3. The number of rotatable bonds is 5. The highest BCUT2D eigenvalue weighted by Crippen LogP contribution is 2.25. The molecule has 30 heavy (non-hydrogen) atoms. The maximum absolute atomic E-state index is 13.4. The number of fused-ring (bicyclic) bond motifs is 1. The predicted molar refractivity (Wildman–Crippen MR) is 112 cm³/mol. The van der Waals surface area contributed by atoms with E-state index in [-0.39, 0.29) is 23.8 Å². The number of aromatic nitrogens is 2. The largest absolute Gasteiger partial charge is 0.361 e. The number of amides is 3. The minimum Gasteiger partial charge on any atom is -0.361 e. The normalized spacial score (nSPS) is 21.0. The van der Waals surface area contributed by atoms with Gasteiger partial charge in [0.15, 0.2) is 0 Å². The second-order valence-corrected chi connectivity index (χ2v) is 8.62. The first-order chi connectivity index (χ1) is 14.6. The van der Waals surface area contributed by atoms with E-state index in [9.17, 15) is 14.0 Å². The molecule has 0 aliphatic carbocycles. The van der Waals surface area contributed by atoms with Gasteiger partial charge in [0, 0.05) is 54.6 Å². The van der Waals surface area contributed by atoms with Gasteiger partial charge >= 0.3 is 6.03 Å². The number of piperidine rings is 1. The highest BCUT2D eigenvalue weighted by Gasteiger charge is 2.42. The Bertz CT molecular complexity index is 1070. The third-order valence-electron chi connectivity index (χ3n) is 6.00. The van der Waals surface area contributed by atoms with Crippen LogP contribution in [0.3, 0.4) is 0 Å². The summed E-state index contributed by atoms with van der Waals surface area (Å²) >= 11 is 1.59. The van der Waals surface area contributed by atoms with E-state index in [1.807, 2.05) is 10.9 Å². The van der Waals surface area contributed by atoms with E-state index >= 15 is 0 Å². The maximum Gasteiger partial charge on any atom is 0.325 e. The van der Waals surface area contributed by atoms with Crippen molar-refractivity contribution in [2.45, 2.75) is 37.9 Å². The van der Waals surface area contributed by atoms with Gasteiger partial charge in [-0.05, 0) is 36.6 Å². The van der Waals surface area contributed by atoms with Gasteiger partial charge in [-0.25, -0.2) is 14.2 Å². The van der Waals surface area contributed by atoms with Crippen molar-refractivity contribution in [3.8, 4) is 0 Å². The molecule has 5 rings (SSSR count). The Morgan fingerprint density at radius 1 is 1.23 bits per heavy atom. The van der Waals surface area contributed by atoms with Crippen LogP contribution in [0.2, 0.25) is 0 Å². The van der Waals surface area contributed by atoms with Gasteiger partial charge in [0.05, 0.1) is 11.2 Å². The molecule has 2 fully saturated rings. The summed E-state index contributed by atoms with van der Waals surface area (Å²) in [6.07, 6.45) is 3.70. The molecule has 2 saturated heterocycles. The molecule has 0 spiro atoms. The van der Waals surface area contributed by atoms with Crippen LogP contribution in [0.4, 0.5) is 9.18 Å². The predicted octanol–water partition coefficient (Wildman–Crippen LogP) is 2.89. The van der Waals surface area contributed by atoms with E-state index in [4.69, 9.17) is 0 Å². The lowest BCUT2D eigenvalue weighted by Gasteiger charge is -2.35. The van der Waals surface area contributed by atoms with Crippen molar-refractivity contribution in [1.82, 2.24) is 25.1 Å². The van der Waals surface area contributed by atoms with Gasteiger partial charge < -0.3 is 10.3 Å². The number of aromatic amines is 1. The maximum atomic E-state index is 13.4. The van der Waals surface area contributed by atoms with E-state index in [2.05, 4.69) is 20.2 Å². The molecule has 1 atom stereocenters. The van der Waals surface area contributed by atoms with Gasteiger partial charge in [-0.1, -0.05) is 0 Å². The number of H-pyrrole nitrogens is 1. The van der Waals surface area contributed by atoms with Crippen molar-refractivity contribution < 1.29 is 14.0 Å². The fraction of sp³-hybridized carbons (Fsp3) is 0.381. The second-order valence-electron chi connectivity index (χ2n) is 7.91. The lowest BCUT2D eigenvalue weighted by molar-refractivity contribution is -0.129. The molecule has 0 radical (unpaired) electrons. The zero-order valence-corrected chi connectivity index (χ0v) is 17.1. The molecule has 1 unspecified atom stereocenters. The number of hydrogen-bond acceptors (Lipinski definition) is 5. The summed E-state index contributed by atoms with van der Waals surface area (Å²) < 4.78 is 13.4. The van der Waals surface area contributed by atoms with Crippen LogP contribution in [0.25, 0.3) is 10.9 Å². The first-order valence-corrected chi connectivity index (χ1v) is 11.0. The molecule has 2 N–H and O–H groups in total. The van der Waals surface area contributed by atoms with Crippen LogP contribution >= 0.6 is 11.3 Å². The summed E-state index contributed by atoms with van der Waals surface area (Å²) in [5, 5.41) is 5.76. The monoisotopic (exact) mass is 427 g/mol. The van der Waals surface area contributed by atoms with E-state index in [1.165, 1.54) is 17.0 Å². The fourth-order valence-corrected chi connectivity index (χ4v) is 5.01. The smallest absolute Gasteiger partial charge is 0.325 e. The minimum atomic E-state index is -0.588. The SMILES string of the molecule is O=C1NC(Cc2c[nH]c3cc(F)ccc23)C(=O)N1C1CCN(Cc2cscn2)CC1. The molecule has 2 aromatic heterocycles. The Kier molecular flexibility index (Phi) is 5.00. The van der Waals surface area contributed by atoms with Gasteiger partial charge in [-0.15, -0.1) is 11.3 Å². The number of hydrogen-bond donors (Lipinski definition) is 2. The average Bonchev–Trinajstić information content (AvgIpc) is 3.44. The Morgan fingerprint density at radius 2 is 2.07 bits per heavy atom. The third-order valence-corrected chi connectivity index (χ3v) is 6.63. The van der Waals surface area contributed by atoms with Crippen LogP contribution in [-0.2, 0) is 17.8 Å². The Hall–Kier alpha value is -2.78. The van der Waals surface area contributed by atoms with Gasteiger partial charge in [-0.2, -0.15) is 0 Å². The van der Waals surface area contributed by atoms with Crippen molar-refractivity contribution in [3.63, 3.8) is 0 Å². The Balaban J connectivity index is 1.23. The topological polar surface area (TPSA) is 81.3 Å². The van der Waals surface area contributed by atoms with Crippen LogP contribution in [0.15, 0.2) is 35.3 Å². The number of nitrogens with zero attached hydrogens (tertiary/aromatic N) is 3. The van der Waals surface area contributed by atoms with Crippen molar-refractivity contribution >= 4 is 34.2 Å². The van der Waals surface area contributed by atoms with Gasteiger partial charge in [0.1, 0.15) is 11.9 Å². The second kappa shape index (κ2) is 7.81. The molecule has 1 aromatic carbocycles. The number of thiazole rings is 1. The molecule has 156 valence electrons. The van der Waals surface area contributed by atoms with E-state index < -0.39 is 6.04 Å². The van der Waals surface area contributed by atoms with Crippen LogP contribution in [0, 0.1) is 5.82 Å². The number of carbonyl (C=O) groups excluding carboxylic acids is 2. The average molecular weight is 428 g/mol. The van der Waals surface area contributed by atoms with Gasteiger partial charge in [-0.3, -0.25) is 14.6 Å². The number of carbonyl (C=O) groups is 2. The summed E-state index contributed by atoms with van der Waals surface area (Å²) in [5.74, 6) is -0.483. The number of likely N-dealkylation sites (tertiary alicyclic amines) is 1. The van der Waals surface area contributed by atoms with Crippen molar-refractivity contribution in [3.05, 3.63) is 52.4 Å². The van der Waals surface area contributed by atoms with Crippen molar-refractivity contribution in [2.75, 3.05) is 13.1 Å². The van der Waals surface area contributed by atoms with E-state index in [0.717, 1.165) is 49.1 Å². The summed E-state index contributed by atoms with van der Waals surface area (Å²) in [6, 6.07) is 3.56. The fourth-order valence-electron chi connectivity index (χ4n) is 4.46. The Labute approximate surface area is 176 Å². The van der Waals surface area contributed by atoms with Crippen molar-refractivity contribution in [1.29, 1.82) is 0 Å². The number of imide groups is 1. The summed E-state index contributed by atoms with van der Waals surface area (Å²) in [7, 11) is 0. The molecular weight excluding hydrogens is 405 g/mol. The van der Waals surface area contributed by atoms with Crippen LogP contribution in [0.5, 0.6) is 0 Å². The quantitative estimate of drug-likeness (QED) is 0.614. The molecule has 7 nitrogen and oxygen atoms in total. The molecule has 2 aliphatic heterocycles. The Morgan fingerprint density at radius 3 is 2.83 bits per heavy atom. The summed E-state index contributed by atoms with van der Waals surface area (Å²) in [5.41, 5.74) is 4.47. The molecule has 9 heteroatoms. The minimum absolute atomic E-state index is 0.0775. The molecule has 0 bridgehead atoms. The zero-order chi connectivity index (χ0) is 20.7. The van der Waals surface area contributed by atoms with E-state index in [1.54, 1.807) is 23.6 Å². The van der Waals surface area contributed by atoms with Gasteiger partial charge in [0.2, 0.25) is 0 Å². The third kappa shape index (κ3) is 3.59. The van der Waals surface area contributed by atoms with Crippen LogP contribution in [-0.4, -0.2) is 56.9 Å². The molecular formula is C21H22FN5O2S. The molecule has 0 saturated carbocycles. The number of halogens is 1. The number of benzene rings is 1. The highest BCUT2D eigenvalue weighted by atomic mass is 32.1. The lowest BCUT2D eigenvalue weighted by atomic mass is 10.0. The number of nitrogens with one attached hydrogen (secondary N) is 2. The lowest BCUT2D eigenvalue weighted by Crippen LogP contribution is -2.47. The molecule has 4 heterocycles. The molecule has 3 aromatic rings. The summed E-state index contributed by atoms with van der Waals surface area (Å²) in [6.45, 7) is 2.47. The standard InChI is InChI=1S/C21H22FN5O2S/c22-14-1-2-17-13(9-23-18(17)8-14)7-19-20(28)27(21(29)25-19)16-3-5-26(6-4-16)10-15-11-30-12-24-15/h1-2,8-9,11-12,16,19,23H,3-7,10H2,(H,25,29). The highest BCUT2D eigenvalue weighted by molar-refractivity contribution is 7.07. The first kappa shape index (κ1) is 19.2. The molecule has 2 aliphatic rings. The number of urea groups is 1. The summed E-state index contributed by atoms with van der Waals surface area (Å²) in [4.78, 5) is 36.7. The first-order valence-electron chi connectivity index (χ1n) is 10.1. The van der Waals surface area contributed by atoms with Crippen molar-refractivity contribution in [2.24, 2.45) is 0 Å². The van der Waals surface area contributed by atoms with Crippen LogP contribution < -0.4 is 5.32 Å². The van der Waals surface area contributed by atoms with Gasteiger partial charge in [0.25, 0.3) is 5.91 Å².